The Hall–Kier alpha value is -5.69. The normalized spacial score (nSPS) is 13.6. The summed E-state index contributed by atoms with van der Waals surface area (Å²) in [4.78, 5) is 32.5. The number of carbonyl (C=O) groups is 1. The van der Waals surface area contributed by atoms with E-state index in [9.17, 15) is 19.8 Å². The van der Waals surface area contributed by atoms with Crippen LogP contribution >= 0.6 is 11.6 Å². The zero-order chi connectivity index (χ0) is 34.8. The minimum Gasteiger partial charge on any atom is -0.488 e. The fourth-order valence-corrected chi connectivity index (χ4v) is 5.88. The Balaban J connectivity index is 1.22. The fraction of sp³-hybridized carbons (Fsp3) is 0.189. The Bertz CT molecular complexity index is 2290. The number of aliphatic hydroxyl groups excluding tert-OH is 1. The van der Waals surface area contributed by atoms with Gasteiger partial charge in [0, 0.05) is 35.2 Å². The molecular formula is C37H30ClN3O9. The number of fused-ring (bicyclic) bond motifs is 3. The number of carboxylic acids is 1. The summed E-state index contributed by atoms with van der Waals surface area (Å²) in [5.41, 5.74) is 3.52. The van der Waals surface area contributed by atoms with Gasteiger partial charge >= 0.3 is 11.6 Å². The molecule has 1 aliphatic heterocycles. The number of carboxylic acid groups (broad SMARTS) is 1. The van der Waals surface area contributed by atoms with Crippen molar-refractivity contribution < 1.29 is 38.4 Å². The quantitative estimate of drug-likeness (QED) is 0.133. The Labute approximate surface area is 289 Å². The van der Waals surface area contributed by atoms with Gasteiger partial charge in [-0.1, -0.05) is 41.9 Å². The highest BCUT2D eigenvalue weighted by atomic mass is 35.5. The smallest absolute Gasteiger partial charge is 0.336 e. The van der Waals surface area contributed by atoms with Crippen LogP contribution in [0.3, 0.4) is 0 Å². The molecule has 2 aromatic heterocycles. The Kier molecular flexibility index (Phi) is 9.22. The SMILES string of the molecule is CC(O)[C@H](NCc1cc(Cl)c(Oc2ncnc3c(-c4ccc5c(c4)OCCO5)cccc23)cc1OCc1ccc2ccc(=O)oc2c1)C(=O)O. The average Bonchev–Trinajstić information content (AvgIpc) is 3.11. The summed E-state index contributed by atoms with van der Waals surface area (Å²) >= 11 is 6.75. The number of hydrogen-bond acceptors (Lipinski definition) is 11. The van der Waals surface area contributed by atoms with Crippen molar-refractivity contribution >= 4 is 39.4 Å². The van der Waals surface area contributed by atoms with Crippen LogP contribution in [0.2, 0.25) is 5.02 Å². The number of aliphatic hydroxyl groups is 1. The lowest BCUT2D eigenvalue weighted by Crippen LogP contribution is -2.44. The Morgan fingerprint density at radius 2 is 1.80 bits per heavy atom. The van der Waals surface area contributed by atoms with E-state index in [0.29, 0.717) is 58.1 Å². The van der Waals surface area contributed by atoms with Crippen molar-refractivity contribution in [1.82, 2.24) is 15.3 Å². The zero-order valence-electron chi connectivity index (χ0n) is 26.6. The molecule has 3 heterocycles. The topological polar surface area (TPSA) is 162 Å². The molecule has 1 aliphatic rings. The summed E-state index contributed by atoms with van der Waals surface area (Å²) in [5.74, 6) is 0.931. The summed E-state index contributed by atoms with van der Waals surface area (Å²) in [6.45, 7) is 2.41. The number of nitrogens with zero attached hydrogens (tertiary/aromatic N) is 2. The second-order valence-corrected chi connectivity index (χ2v) is 12.0. The number of nitrogens with one attached hydrogen (secondary N) is 1. The van der Waals surface area contributed by atoms with E-state index in [2.05, 4.69) is 15.3 Å². The Morgan fingerprint density at radius 3 is 2.62 bits per heavy atom. The first-order valence-corrected chi connectivity index (χ1v) is 16.0. The number of benzene rings is 4. The summed E-state index contributed by atoms with van der Waals surface area (Å²) < 4.78 is 29.3. The second kappa shape index (κ2) is 14.0. The van der Waals surface area contributed by atoms with Crippen LogP contribution in [0.4, 0.5) is 0 Å². The van der Waals surface area contributed by atoms with Gasteiger partial charge in [-0.25, -0.2) is 14.8 Å². The van der Waals surface area contributed by atoms with Gasteiger partial charge in [-0.2, -0.15) is 0 Å². The van der Waals surface area contributed by atoms with Gasteiger partial charge in [-0.3, -0.25) is 10.1 Å². The zero-order valence-corrected chi connectivity index (χ0v) is 27.3. The maximum Gasteiger partial charge on any atom is 0.336 e. The third-order valence-corrected chi connectivity index (χ3v) is 8.44. The number of ether oxygens (including phenoxy) is 4. The Morgan fingerprint density at radius 1 is 0.980 bits per heavy atom. The van der Waals surface area contributed by atoms with Gasteiger partial charge in [-0.15, -0.1) is 0 Å². The molecule has 0 amide bonds. The maximum absolute atomic E-state index is 11.8. The minimum atomic E-state index is -1.24. The summed E-state index contributed by atoms with van der Waals surface area (Å²) in [6, 6.07) is 21.7. The molecule has 6 aromatic rings. The molecule has 0 bridgehead atoms. The van der Waals surface area contributed by atoms with Gasteiger partial charge in [0.2, 0.25) is 5.88 Å². The van der Waals surface area contributed by atoms with Gasteiger partial charge in [0.15, 0.2) is 17.2 Å². The summed E-state index contributed by atoms with van der Waals surface area (Å²) in [5, 5.41) is 24.0. The standard InChI is InChI=1S/C37H30ClN3O9/c1-20(42)34(37(44)45)39-17-24-14-27(38)31(16-29(24)48-18-21-5-6-22-8-10-33(43)49-30(22)13-21)50-36-26-4-2-3-25(35(26)40-19-41-36)23-7-9-28-32(15-23)47-12-11-46-28/h2-10,13-16,19-20,34,39,42H,11-12,17-18H2,1H3,(H,44,45)/t20?,34-/m0/s1. The molecule has 4 aromatic carbocycles. The lowest BCUT2D eigenvalue weighted by molar-refractivity contribution is -0.142. The molecule has 12 nitrogen and oxygen atoms in total. The molecule has 7 rings (SSSR count). The number of para-hydroxylation sites is 1. The van der Waals surface area contributed by atoms with Crippen molar-refractivity contribution in [3.05, 3.63) is 112 Å². The lowest BCUT2D eigenvalue weighted by atomic mass is 10.0. The van der Waals surface area contributed by atoms with Crippen LogP contribution in [0.25, 0.3) is 33.0 Å². The van der Waals surface area contributed by atoms with Crippen LogP contribution in [-0.2, 0) is 17.9 Å². The predicted molar refractivity (Wildman–Crippen MR) is 184 cm³/mol. The molecule has 0 saturated carbocycles. The number of rotatable bonds is 11. The van der Waals surface area contributed by atoms with E-state index in [0.717, 1.165) is 16.5 Å². The third-order valence-electron chi connectivity index (χ3n) is 8.15. The van der Waals surface area contributed by atoms with E-state index in [1.165, 1.54) is 19.3 Å². The van der Waals surface area contributed by atoms with Crippen LogP contribution in [0.15, 0.2) is 94.4 Å². The highest BCUT2D eigenvalue weighted by molar-refractivity contribution is 6.32. The van der Waals surface area contributed by atoms with Crippen molar-refractivity contribution in [3.63, 3.8) is 0 Å². The van der Waals surface area contributed by atoms with E-state index < -0.39 is 23.7 Å². The molecule has 0 saturated heterocycles. The average molecular weight is 696 g/mol. The van der Waals surface area contributed by atoms with Crippen LogP contribution in [0.5, 0.6) is 28.9 Å². The van der Waals surface area contributed by atoms with E-state index >= 15 is 0 Å². The van der Waals surface area contributed by atoms with Crippen molar-refractivity contribution in [2.75, 3.05) is 13.2 Å². The second-order valence-electron chi connectivity index (χ2n) is 11.6. The molecule has 3 N–H and O–H groups in total. The minimum absolute atomic E-state index is 0.000868. The molecule has 0 spiro atoms. The molecule has 0 aliphatic carbocycles. The number of hydrogen-bond donors (Lipinski definition) is 3. The van der Waals surface area contributed by atoms with E-state index in [-0.39, 0.29) is 29.8 Å². The van der Waals surface area contributed by atoms with Crippen molar-refractivity contribution in [3.8, 4) is 40.0 Å². The van der Waals surface area contributed by atoms with E-state index in [1.54, 1.807) is 24.3 Å². The van der Waals surface area contributed by atoms with Crippen LogP contribution in [0, 0.1) is 0 Å². The first-order chi connectivity index (χ1) is 24.2. The molecule has 0 radical (unpaired) electrons. The molecule has 13 heteroatoms. The molecule has 0 fully saturated rings. The monoisotopic (exact) mass is 695 g/mol. The van der Waals surface area contributed by atoms with Crippen LogP contribution < -0.4 is 29.9 Å². The summed E-state index contributed by atoms with van der Waals surface area (Å²) in [7, 11) is 0. The number of aromatic nitrogens is 2. The predicted octanol–water partition coefficient (Wildman–Crippen LogP) is 6.12. The highest BCUT2D eigenvalue weighted by Crippen LogP contribution is 2.40. The maximum atomic E-state index is 11.8. The first kappa shape index (κ1) is 32.8. The molecule has 50 heavy (non-hydrogen) atoms. The van der Waals surface area contributed by atoms with Crippen LogP contribution in [-0.4, -0.2) is 51.5 Å². The van der Waals surface area contributed by atoms with Gasteiger partial charge in [0.1, 0.15) is 43.5 Å². The molecular weight excluding hydrogens is 666 g/mol. The molecule has 2 atom stereocenters. The third kappa shape index (κ3) is 6.90. The van der Waals surface area contributed by atoms with Gasteiger partial charge < -0.3 is 33.6 Å². The van der Waals surface area contributed by atoms with Crippen molar-refractivity contribution in [2.24, 2.45) is 0 Å². The number of aliphatic carboxylic acids is 1. The van der Waals surface area contributed by atoms with Gasteiger partial charge in [0.05, 0.1) is 22.0 Å². The van der Waals surface area contributed by atoms with Gasteiger partial charge in [0.25, 0.3) is 0 Å². The van der Waals surface area contributed by atoms with Crippen molar-refractivity contribution in [2.45, 2.75) is 32.2 Å². The molecule has 254 valence electrons. The lowest BCUT2D eigenvalue weighted by Gasteiger charge is -2.20. The number of halogens is 1. The van der Waals surface area contributed by atoms with E-state index in [1.807, 2.05) is 48.5 Å². The van der Waals surface area contributed by atoms with E-state index in [4.69, 9.17) is 35.0 Å². The van der Waals surface area contributed by atoms with Crippen molar-refractivity contribution in [1.29, 1.82) is 0 Å². The largest absolute Gasteiger partial charge is 0.488 e. The highest BCUT2D eigenvalue weighted by Gasteiger charge is 2.24. The molecule has 1 unspecified atom stereocenters. The first-order valence-electron chi connectivity index (χ1n) is 15.7. The summed E-state index contributed by atoms with van der Waals surface area (Å²) in [6.07, 6.45) is 0.239. The van der Waals surface area contributed by atoms with Gasteiger partial charge in [-0.05, 0) is 54.4 Å². The van der Waals surface area contributed by atoms with Crippen LogP contribution in [0.1, 0.15) is 18.1 Å². The fourth-order valence-electron chi connectivity index (χ4n) is 5.66.